The van der Waals surface area contributed by atoms with Crippen LogP contribution in [-0.2, 0) is 33.3 Å². The minimum absolute atomic E-state index is 0.00489. The molecular weight excluding hydrogens is 673 g/mol. The predicted octanol–water partition coefficient (Wildman–Crippen LogP) is 5.14. The zero-order valence-corrected chi connectivity index (χ0v) is 28.5. The van der Waals surface area contributed by atoms with Gasteiger partial charge in [-0.05, 0) is 68.6 Å². The Morgan fingerprint density at radius 3 is 2.51 bits per heavy atom. The van der Waals surface area contributed by atoms with Crippen molar-refractivity contribution in [1.82, 2.24) is 9.80 Å². The van der Waals surface area contributed by atoms with Gasteiger partial charge in [0.15, 0.2) is 23.0 Å². The van der Waals surface area contributed by atoms with Crippen LogP contribution in [0.1, 0.15) is 63.5 Å². The van der Waals surface area contributed by atoms with E-state index in [-0.39, 0.29) is 36.9 Å². The molecule has 0 amide bonds. The SMILES string of the molecule is COc1c(C)cc2c(c1O)C1C3Cc4c(OC(C)=O)c(C)c5c(c4[C@H](COC(=O)C=Cc4cccc(C(F)(F)F)c4)N3[C@@H](O)C(C2)N1C)OCO5. The molecule has 3 unspecified atom stereocenters. The number of aryl methyl sites for hydroxylation is 1. The van der Waals surface area contributed by atoms with Crippen molar-refractivity contribution >= 4 is 18.0 Å². The lowest BCUT2D eigenvalue weighted by atomic mass is 9.73. The summed E-state index contributed by atoms with van der Waals surface area (Å²) >= 11 is 0. The van der Waals surface area contributed by atoms with Crippen molar-refractivity contribution in [3.63, 3.8) is 0 Å². The Morgan fingerprint density at radius 1 is 1.06 bits per heavy atom. The topological polar surface area (TPSA) is 127 Å². The van der Waals surface area contributed by atoms with E-state index in [1.807, 2.05) is 29.8 Å². The standard InChI is InChI=1S/C37H37F3N2O9/c1-17-11-21-13-25-36(46)42-24(30(41(25)4)28(21)31(45)32(17)47-5)14-23-29(35-34(49-16-50-35)18(2)33(23)51-19(3)43)26(42)15-48-27(44)10-9-20-7-6-8-22(12-20)37(38,39)40/h6-12,24-26,30,36,45-46H,13-16H2,1-5H3/t24?,25?,26-,30?,36-/m0/s1. The number of fused-ring (bicyclic) bond motifs is 9. The van der Waals surface area contributed by atoms with E-state index in [4.69, 9.17) is 23.7 Å². The van der Waals surface area contributed by atoms with Crippen molar-refractivity contribution in [2.45, 2.75) is 70.2 Å². The monoisotopic (exact) mass is 710 g/mol. The molecule has 1 fully saturated rings. The Morgan fingerprint density at radius 2 is 1.80 bits per heavy atom. The molecule has 7 rings (SSSR count). The van der Waals surface area contributed by atoms with Gasteiger partial charge >= 0.3 is 18.1 Å². The largest absolute Gasteiger partial charge is 0.504 e. The van der Waals surface area contributed by atoms with Crippen molar-refractivity contribution in [3.05, 3.63) is 80.9 Å². The van der Waals surface area contributed by atoms with Crippen LogP contribution >= 0.6 is 0 Å². The highest BCUT2D eigenvalue weighted by Crippen LogP contribution is 2.58. The van der Waals surface area contributed by atoms with Crippen molar-refractivity contribution in [3.8, 4) is 28.7 Å². The van der Waals surface area contributed by atoms with Gasteiger partial charge in [0.25, 0.3) is 0 Å². The van der Waals surface area contributed by atoms with Gasteiger partial charge in [-0.1, -0.05) is 18.2 Å². The minimum Gasteiger partial charge on any atom is -0.504 e. The molecule has 0 aliphatic carbocycles. The average molecular weight is 711 g/mol. The molecule has 0 aromatic heterocycles. The highest BCUT2D eigenvalue weighted by atomic mass is 19.4. The minimum atomic E-state index is -4.55. The second-order valence-electron chi connectivity index (χ2n) is 13.3. The summed E-state index contributed by atoms with van der Waals surface area (Å²) < 4.78 is 68.7. The molecule has 3 aromatic rings. The van der Waals surface area contributed by atoms with Crippen LogP contribution in [-0.4, -0.2) is 77.8 Å². The third kappa shape index (κ3) is 5.75. The van der Waals surface area contributed by atoms with Gasteiger partial charge in [-0.2, -0.15) is 13.2 Å². The maximum atomic E-state index is 13.3. The van der Waals surface area contributed by atoms with Gasteiger partial charge in [-0.3, -0.25) is 14.6 Å². The van der Waals surface area contributed by atoms with E-state index in [0.717, 1.165) is 29.3 Å². The van der Waals surface area contributed by atoms with E-state index >= 15 is 0 Å². The number of hydrogen-bond acceptors (Lipinski definition) is 11. The van der Waals surface area contributed by atoms with E-state index in [2.05, 4.69) is 0 Å². The van der Waals surface area contributed by atoms with Crippen LogP contribution in [0.25, 0.3) is 6.08 Å². The zero-order chi connectivity index (χ0) is 36.5. The van der Waals surface area contributed by atoms with E-state index in [1.54, 1.807) is 6.92 Å². The summed E-state index contributed by atoms with van der Waals surface area (Å²) in [6.45, 7) is 4.45. The first-order chi connectivity index (χ1) is 24.2. The smallest absolute Gasteiger partial charge is 0.416 e. The molecule has 1 saturated heterocycles. The number of aromatic hydroxyl groups is 1. The number of ether oxygens (including phenoxy) is 5. The third-order valence-corrected chi connectivity index (χ3v) is 10.4. The molecule has 3 aromatic carbocycles. The third-order valence-electron chi connectivity index (χ3n) is 10.4. The van der Waals surface area contributed by atoms with Gasteiger partial charge in [0.2, 0.25) is 6.79 Å². The molecule has 2 N–H and O–H groups in total. The summed E-state index contributed by atoms with van der Waals surface area (Å²) in [5.41, 5.74) is 3.22. The number of esters is 2. The lowest BCUT2D eigenvalue weighted by Gasteiger charge is -2.60. The van der Waals surface area contributed by atoms with Gasteiger partial charge < -0.3 is 33.9 Å². The number of phenols is 1. The van der Waals surface area contributed by atoms with Gasteiger partial charge in [0, 0.05) is 41.3 Å². The predicted molar refractivity (Wildman–Crippen MR) is 176 cm³/mol. The van der Waals surface area contributed by atoms with Crippen molar-refractivity contribution < 1.29 is 56.7 Å². The number of carbonyl (C=O) groups excluding carboxylic acids is 2. The molecule has 51 heavy (non-hydrogen) atoms. The quantitative estimate of drug-likeness (QED) is 0.201. The van der Waals surface area contributed by atoms with Crippen molar-refractivity contribution in [2.75, 3.05) is 27.6 Å². The number of aliphatic hydroxyl groups is 1. The number of halogens is 3. The molecule has 270 valence electrons. The molecule has 4 aliphatic heterocycles. The first-order valence-electron chi connectivity index (χ1n) is 16.4. The van der Waals surface area contributed by atoms with Crippen LogP contribution in [0.2, 0.25) is 0 Å². The Kier molecular flexibility index (Phi) is 8.67. The first-order valence-corrected chi connectivity index (χ1v) is 16.4. The number of carbonyl (C=O) groups is 2. The van der Waals surface area contributed by atoms with Gasteiger partial charge in [0.1, 0.15) is 18.6 Å². The molecule has 2 bridgehead atoms. The maximum Gasteiger partial charge on any atom is 0.416 e. The van der Waals surface area contributed by atoms with Crippen LogP contribution in [0.15, 0.2) is 36.4 Å². The summed E-state index contributed by atoms with van der Waals surface area (Å²) in [4.78, 5) is 29.5. The van der Waals surface area contributed by atoms with Crippen LogP contribution in [0.3, 0.4) is 0 Å². The van der Waals surface area contributed by atoms with Crippen molar-refractivity contribution in [2.24, 2.45) is 0 Å². The van der Waals surface area contributed by atoms with E-state index < -0.39 is 54.1 Å². The fourth-order valence-electron chi connectivity index (χ4n) is 8.27. The molecule has 4 heterocycles. The number of nitrogens with zero attached hydrogens (tertiary/aromatic N) is 2. The van der Waals surface area contributed by atoms with E-state index in [1.165, 1.54) is 32.2 Å². The summed E-state index contributed by atoms with van der Waals surface area (Å²) in [6, 6.07) is 4.17. The number of aliphatic hydroxyl groups excluding tert-OH is 1. The Hall–Kier alpha value is -4.79. The van der Waals surface area contributed by atoms with Gasteiger partial charge in [-0.15, -0.1) is 0 Å². The normalized spacial score (nSPS) is 23.7. The fourth-order valence-corrected chi connectivity index (χ4v) is 8.27. The first kappa shape index (κ1) is 34.6. The number of phenolic OH excluding ortho intramolecular Hbond substituents is 1. The van der Waals surface area contributed by atoms with Crippen molar-refractivity contribution in [1.29, 1.82) is 0 Å². The summed E-state index contributed by atoms with van der Waals surface area (Å²) in [6.07, 6.45) is -2.73. The molecule has 0 radical (unpaired) electrons. The average Bonchev–Trinajstić information content (AvgIpc) is 3.57. The Balaban J connectivity index is 1.33. The molecule has 0 spiro atoms. The number of likely N-dealkylation sites (N-methyl/N-ethyl adjacent to an activating group) is 1. The van der Waals surface area contributed by atoms with Crippen LogP contribution in [0.5, 0.6) is 28.7 Å². The number of benzene rings is 3. The highest BCUT2D eigenvalue weighted by molar-refractivity contribution is 5.87. The van der Waals surface area contributed by atoms with Gasteiger partial charge in [-0.25, -0.2) is 4.79 Å². The Bertz CT molecular complexity index is 1960. The summed E-state index contributed by atoms with van der Waals surface area (Å²) in [5, 5.41) is 23.8. The number of piperazine rings is 1. The molecule has 11 nitrogen and oxygen atoms in total. The highest BCUT2D eigenvalue weighted by Gasteiger charge is 2.56. The van der Waals surface area contributed by atoms with Crippen LogP contribution in [0, 0.1) is 13.8 Å². The van der Waals surface area contributed by atoms with Crippen LogP contribution < -0.4 is 18.9 Å². The van der Waals surface area contributed by atoms with E-state index in [9.17, 15) is 33.0 Å². The molecule has 14 heteroatoms. The molecule has 0 saturated carbocycles. The second kappa shape index (κ2) is 12.8. The van der Waals surface area contributed by atoms with Crippen LogP contribution in [0.4, 0.5) is 13.2 Å². The summed E-state index contributed by atoms with van der Waals surface area (Å²) in [5.74, 6) is -0.0639. The fraction of sp³-hybridized carbons (Fsp3) is 0.405. The number of rotatable bonds is 6. The number of hydrogen-bond donors (Lipinski definition) is 2. The van der Waals surface area contributed by atoms with Gasteiger partial charge in [0.05, 0.1) is 30.8 Å². The zero-order valence-electron chi connectivity index (χ0n) is 28.5. The summed E-state index contributed by atoms with van der Waals surface area (Å²) in [7, 11) is 3.37. The van der Waals surface area contributed by atoms with E-state index in [0.29, 0.717) is 45.9 Å². The lowest BCUT2D eigenvalue weighted by molar-refractivity contribution is -0.182. The maximum absolute atomic E-state index is 13.3. The molecule has 5 atom stereocenters. The lowest BCUT2D eigenvalue weighted by Crippen LogP contribution is -2.68. The molecule has 4 aliphatic rings. The molecular formula is C37H37F3N2O9. The second-order valence-corrected chi connectivity index (χ2v) is 13.3. The Labute approximate surface area is 291 Å². The number of methoxy groups -OCH3 is 1. The number of alkyl halides is 3.